The first-order valence-electron chi connectivity index (χ1n) is 6.17. The Bertz CT molecular complexity index is 636. The Hall–Kier alpha value is -2.18. The van der Waals surface area contributed by atoms with Gasteiger partial charge < -0.3 is 20.3 Å². The molecule has 20 heavy (non-hydrogen) atoms. The second-order valence-corrected chi connectivity index (χ2v) is 4.94. The number of fused-ring (bicyclic) bond motifs is 1. The van der Waals surface area contributed by atoms with E-state index in [9.17, 15) is 19.8 Å². The summed E-state index contributed by atoms with van der Waals surface area (Å²) in [6.07, 6.45) is -1.02. The molecule has 0 aromatic heterocycles. The van der Waals surface area contributed by atoms with Crippen molar-refractivity contribution in [2.75, 3.05) is 0 Å². The van der Waals surface area contributed by atoms with Crippen LogP contribution in [0.4, 0.5) is 0 Å². The van der Waals surface area contributed by atoms with E-state index in [-0.39, 0.29) is 22.8 Å². The number of aliphatic hydroxyl groups excluding tert-OH is 1. The Kier molecular flexibility index (Phi) is 2.84. The number of phenols is 1. The van der Waals surface area contributed by atoms with E-state index >= 15 is 0 Å². The van der Waals surface area contributed by atoms with Gasteiger partial charge in [0.05, 0.1) is 11.3 Å². The summed E-state index contributed by atoms with van der Waals surface area (Å²) >= 11 is 0. The van der Waals surface area contributed by atoms with Gasteiger partial charge in [0.2, 0.25) is 0 Å². The van der Waals surface area contributed by atoms with Crippen molar-refractivity contribution in [1.29, 1.82) is 0 Å². The van der Waals surface area contributed by atoms with Crippen LogP contribution in [0.1, 0.15) is 15.9 Å². The molecule has 3 unspecified atom stereocenters. The number of rotatable bonds is 2. The van der Waals surface area contributed by atoms with Gasteiger partial charge in [-0.05, 0) is 19.1 Å². The molecule has 104 valence electrons. The molecule has 1 aromatic carbocycles. The Morgan fingerprint density at radius 3 is 2.90 bits per heavy atom. The van der Waals surface area contributed by atoms with E-state index in [0.717, 1.165) is 5.56 Å². The molecular weight excluding hydrogens is 262 g/mol. The van der Waals surface area contributed by atoms with Gasteiger partial charge in [-0.1, -0.05) is 11.6 Å². The van der Waals surface area contributed by atoms with Crippen LogP contribution in [0.3, 0.4) is 0 Å². The summed E-state index contributed by atoms with van der Waals surface area (Å²) in [7, 11) is 0. The summed E-state index contributed by atoms with van der Waals surface area (Å²) in [5.74, 6) is -1.02. The fourth-order valence-electron chi connectivity index (χ4n) is 2.23. The minimum atomic E-state index is -1.03. The van der Waals surface area contributed by atoms with Crippen molar-refractivity contribution >= 4 is 11.7 Å². The molecule has 1 saturated heterocycles. The van der Waals surface area contributed by atoms with E-state index in [1.54, 1.807) is 13.0 Å². The zero-order valence-electron chi connectivity index (χ0n) is 10.7. The number of amides is 1. The molecule has 0 radical (unpaired) electrons. The van der Waals surface area contributed by atoms with Crippen LogP contribution < -0.4 is 5.32 Å². The van der Waals surface area contributed by atoms with E-state index in [1.165, 1.54) is 18.2 Å². The molecule has 3 rings (SSSR count). The predicted octanol–water partition coefficient (Wildman–Crippen LogP) is 0.0253. The summed E-state index contributed by atoms with van der Waals surface area (Å²) in [4.78, 5) is 23.6. The van der Waals surface area contributed by atoms with E-state index < -0.39 is 24.2 Å². The summed E-state index contributed by atoms with van der Waals surface area (Å²) in [5, 5.41) is 22.0. The maximum atomic E-state index is 12.1. The highest BCUT2D eigenvalue weighted by Gasteiger charge is 2.53. The largest absolute Gasteiger partial charge is 0.507 e. The monoisotopic (exact) mass is 275 g/mol. The number of epoxide rings is 1. The number of carbonyl (C=O) groups is 2. The van der Waals surface area contributed by atoms with E-state index in [4.69, 9.17) is 4.74 Å². The van der Waals surface area contributed by atoms with Crippen molar-refractivity contribution in [2.24, 2.45) is 0 Å². The van der Waals surface area contributed by atoms with Crippen molar-refractivity contribution in [2.45, 2.75) is 25.2 Å². The summed E-state index contributed by atoms with van der Waals surface area (Å²) in [5.41, 5.74) is 0.997. The summed E-state index contributed by atoms with van der Waals surface area (Å²) in [6, 6.07) is 4.62. The Balaban J connectivity index is 1.82. The minimum Gasteiger partial charge on any atom is -0.507 e. The van der Waals surface area contributed by atoms with Crippen LogP contribution in [0.15, 0.2) is 30.0 Å². The highest BCUT2D eigenvalue weighted by atomic mass is 16.6. The molecule has 1 heterocycles. The number of aliphatic hydroxyl groups is 1. The average Bonchev–Trinajstić information content (AvgIpc) is 3.19. The zero-order chi connectivity index (χ0) is 14.4. The lowest BCUT2D eigenvalue weighted by Gasteiger charge is -2.17. The maximum Gasteiger partial charge on any atom is 0.259 e. The van der Waals surface area contributed by atoms with E-state index in [0.29, 0.717) is 0 Å². The number of benzene rings is 1. The lowest BCUT2D eigenvalue weighted by atomic mass is 10.00. The van der Waals surface area contributed by atoms with E-state index in [1.807, 2.05) is 0 Å². The number of aryl methyl sites for hydroxylation is 1. The topological polar surface area (TPSA) is 99.2 Å². The van der Waals surface area contributed by atoms with Gasteiger partial charge >= 0.3 is 0 Å². The molecule has 3 atom stereocenters. The van der Waals surface area contributed by atoms with Crippen molar-refractivity contribution in [3.8, 4) is 5.75 Å². The third-order valence-electron chi connectivity index (χ3n) is 3.39. The third kappa shape index (κ3) is 2.09. The number of nitrogens with one attached hydrogen (secondary N) is 1. The summed E-state index contributed by atoms with van der Waals surface area (Å²) < 4.78 is 5.01. The van der Waals surface area contributed by atoms with Crippen LogP contribution in [0.5, 0.6) is 5.75 Å². The van der Waals surface area contributed by atoms with Gasteiger partial charge in [0.25, 0.3) is 5.91 Å². The zero-order valence-corrected chi connectivity index (χ0v) is 10.7. The molecule has 6 heteroatoms. The second-order valence-electron chi connectivity index (χ2n) is 4.94. The molecule has 0 spiro atoms. The van der Waals surface area contributed by atoms with Crippen LogP contribution in [-0.4, -0.2) is 40.2 Å². The molecule has 2 aliphatic rings. The van der Waals surface area contributed by atoms with Crippen molar-refractivity contribution in [3.05, 3.63) is 41.1 Å². The first kappa shape index (κ1) is 12.8. The minimum absolute atomic E-state index is 0.0874. The standard InChI is InChI=1S/C14H13NO5/c1-6-2-3-9(16)7(4-6)14(19)15-8-5-10(17)12-13(20-12)11(8)18/h2-5,11-13,16,18H,1H3,(H,15,19). The molecule has 1 amide bonds. The number of hydrogen-bond acceptors (Lipinski definition) is 5. The number of carbonyl (C=O) groups excluding carboxylic acids is 2. The van der Waals surface area contributed by atoms with Gasteiger partial charge in [-0.25, -0.2) is 0 Å². The highest BCUT2D eigenvalue weighted by Crippen LogP contribution is 2.33. The number of ether oxygens (including phenoxy) is 1. The second kappa shape index (κ2) is 4.43. The molecule has 1 aromatic rings. The van der Waals surface area contributed by atoms with Crippen LogP contribution in [-0.2, 0) is 9.53 Å². The smallest absolute Gasteiger partial charge is 0.259 e. The van der Waals surface area contributed by atoms with Crippen LogP contribution in [0, 0.1) is 6.92 Å². The maximum absolute atomic E-state index is 12.1. The lowest BCUT2D eigenvalue weighted by Crippen LogP contribution is -2.37. The Labute approximate surface area is 114 Å². The van der Waals surface area contributed by atoms with Gasteiger partial charge in [-0.2, -0.15) is 0 Å². The number of phenolic OH excluding ortho intramolecular Hbond substituents is 1. The van der Waals surface area contributed by atoms with Gasteiger partial charge in [0.1, 0.15) is 24.1 Å². The first-order valence-corrected chi connectivity index (χ1v) is 6.17. The number of ketones is 1. The Morgan fingerprint density at radius 1 is 1.40 bits per heavy atom. The third-order valence-corrected chi connectivity index (χ3v) is 3.39. The van der Waals surface area contributed by atoms with Gasteiger partial charge in [0, 0.05) is 6.08 Å². The average molecular weight is 275 g/mol. The predicted molar refractivity (Wildman–Crippen MR) is 68.1 cm³/mol. The molecule has 3 N–H and O–H groups in total. The molecule has 1 aliphatic carbocycles. The molecule has 6 nitrogen and oxygen atoms in total. The van der Waals surface area contributed by atoms with Gasteiger partial charge in [-0.3, -0.25) is 9.59 Å². The SMILES string of the molecule is Cc1ccc(O)c(C(=O)NC2=CC(=O)C3OC3C2O)c1. The van der Waals surface area contributed by atoms with Crippen LogP contribution in [0.2, 0.25) is 0 Å². The van der Waals surface area contributed by atoms with Gasteiger partial charge in [0.15, 0.2) is 5.78 Å². The molecular formula is C14H13NO5. The lowest BCUT2D eigenvalue weighted by molar-refractivity contribution is -0.116. The van der Waals surface area contributed by atoms with Crippen molar-refractivity contribution in [1.82, 2.24) is 5.32 Å². The quantitative estimate of drug-likeness (QED) is 0.661. The molecule has 0 saturated carbocycles. The fraction of sp³-hybridized carbons (Fsp3) is 0.286. The van der Waals surface area contributed by atoms with Gasteiger partial charge in [-0.15, -0.1) is 0 Å². The van der Waals surface area contributed by atoms with Crippen molar-refractivity contribution < 1.29 is 24.5 Å². The molecule has 1 aliphatic heterocycles. The summed E-state index contributed by atoms with van der Waals surface area (Å²) in [6.45, 7) is 1.79. The normalized spacial score (nSPS) is 27.6. The molecule has 1 fully saturated rings. The van der Waals surface area contributed by atoms with E-state index in [2.05, 4.69) is 5.32 Å². The van der Waals surface area contributed by atoms with Crippen LogP contribution in [0.25, 0.3) is 0 Å². The molecule has 0 bridgehead atoms. The Morgan fingerprint density at radius 2 is 2.15 bits per heavy atom. The number of hydrogen-bond donors (Lipinski definition) is 3. The fourth-order valence-corrected chi connectivity index (χ4v) is 2.23. The highest BCUT2D eigenvalue weighted by molar-refractivity contribution is 6.01. The van der Waals surface area contributed by atoms with Crippen molar-refractivity contribution in [3.63, 3.8) is 0 Å². The van der Waals surface area contributed by atoms with Crippen LogP contribution >= 0.6 is 0 Å². The first-order chi connectivity index (χ1) is 9.47. The number of aromatic hydroxyl groups is 1.